The number of hydrogen-bond donors (Lipinski definition) is 7. The summed E-state index contributed by atoms with van der Waals surface area (Å²) in [6, 6.07) is 1.28. The maximum atomic E-state index is 11.8. The van der Waals surface area contributed by atoms with Gasteiger partial charge in [0.15, 0.2) is 11.8 Å². The molecule has 174 valence electrons. The maximum absolute atomic E-state index is 11.8. The monoisotopic (exact) mass is 523 g/mol. The molecule has 8 N–H and O–H groups in total. The van der Waals surface area contributed by atoms with Gasteiger partial charge < -0.3 is 40.3 Å². The Kier molecular flexibility index (Phi) is 7.66. The smallest absolute Gasteiger partial charge is 0.386 e. The number of phosphoric ester groups is 1. The SMILES string of the molecule is C#CC1(O)[C@@H](O)[C@@H](COP(=O)(O)OP(=O)(O)OP(=O)(O)O)O[C@H]1n1ccc(N)nc1=S. The van der Waals surface area contributed by atoms with Gasteiger partial charge in [-0.2, -0.15) is 8.62 Å². The van der Waals surface area contributed by atoms with Gasteiger partial charge in [0.1, 0.15) is 18.0 Å². The molecule has 0 saturated carbocycles. The van der Waals surface area contributed by atoms with Gasteiger partial charge in [-0.05, 0) is 18.3 Å². The van der Waals surface area contributed by atoms with Crippen LogP contribution >= 0.6 is 35.7 Å². The number of hydrogen-bond acceptors (Lipinski definition) is 12. The third-order valence-corrected chi connectivity index (χ3v) is 7.74. The van der Waals surface area contributed by atoms with Crippen molar-refractivity contribution in [2.24, 2.45) is 0 Å². The molecule has 1 aromatic rings. The van der Waals surface area contributed by atoms with Gasteiger partial charge in [0.25, 0.3) is 0 Å². The van der Waals surface area contributed by atoms with Crippen LogP contribution in [0.1, 0.15) is 6.23 Å². The molecule has 3 unspecified atom stereocenters. The first-order valence-corrected chi connectivity index (χ1v) is 12.6. The predicted octanol–water partition coefficient (Wildman–Crippen LogP) is -0.839. The summed E-state index contributed by atoms with van der Waals surface area (Å²) >= 11 is 4.99. The van der Waals surface area contributed by atoms with E-state index in [0.717, 1.165) is 4.57 Å². The lowest BCUT2D eigenvalue weighted by molar-refractivity contribution is -0.0750. The zero-order valence-electron chi connectivity index (χ0n) is 14.9. The van der Waals surface area contributed by atoms with Gasteiger partial charge in [0, 0.05) is 6.20 Å². The van der Waals surface area contributed by atoms with Gasteiger partial charge in [-0.25, -0.2) is 18.7 Å². The number of aromatic nitrogens is 2. The number of aliphatic hydroxyl groups excluding tert-OH is 1. The summed E-state index contributed by atoms with van der Waals surface area (Å²) in [4.78, 5) is 39.4. The molecule has 6 atom stereocenters. The number of rotatable bonds is 8. The van der Waals surface area contributed by atoms with Crippen LogP contribution in [0.3, 0.4) is 0 Å². The lowest BCUT2D eigenvalue weighted by atomic mass is 9.95. The molecule has 0 aromatic carbocycles. The van der Waals surface area contributed by atoms with Crippen molar-refractivity contribution in [2.45, 2.75) is 24.0 Å². The molecule has 0 amide bonds. The largest absolute Gasteiger partial charge is 0.490 e. The van der Waals surface area contributed by atoms with E-state index in [9.17, 15) is 28.8 Å². The summed E-state index contributed by atoms with van der Waals surface area (Å²) in [5.41, 5.74) is 3.06. The van der Waals surface area contributed by atoms with E-state index in [-0.39, 0.29) is 10.6 Å². The van der Waals surface area contributed by atoms with Crippen molar-refractivity contribution in [3.05, 3.63) is 17.0 Å². The second-order valence-corrected chi connectivity index (χ2v) is 10.7. The minimum atomic E-state index is -5.74. The van der Waals surface area contributed by atoms with E-state index < -0.39 is 54.1 Å². The molecule has 2 heterocycles. The van der Waals surface area contributed by atoms with Gasteiger partial charge in [0.2, 0.25) is 4.77 Å². The molecule has 20 heteroatoms. The van der Waals surface area contributed by atoms with Crippen molar-refractivity contribution in [1.29, 1.82) is 0 Å². The first kappa shape index (κ1) is 26.2. The van der Waals surface area contributed by atoms with Crippen molar-refractivity contribution in [3.63, 3.8) is 0 Å². The quantitative estimate of drug-likeness (QED) is 0.125. The Morgan fingerprint density at radius 1 is 1.29 bits per heavy atom. The number of anilines is 1. The summed E-state index contributed by atoms with van der Waals surface area (Å²) in [6.07, 6.45) is 1.43. The summed E-state index contributed by atoms with van der Waals surface area (Å²) < 4.78 is 51.5. The highest BCUT2D eigenvalue weighted by molar-refractivity contribution is 7.71. The summed E-state index contributed by atoms with van der Waals surface area (Å²) in [7, 11) is -16.8. The Morgan fingerprint density at radius 3 is 2.42 bits per heavy atom. The van der Waals surface area contributed by atoms with Crippen LogP contribution in [0.25, 0.3) is 0 Å². The lowest BCUT2D eigenvalue weighted by Crippen LogP contribution is -2.46. The maximum Gasteiger partial charge on any atom is 0.490 e. The average molecular weight is 523 g/mol. The van der Waals surface area contributed by atoms with Gasteiger partial charge in [-0.3, -0.25) is 9.09 Å². The number of nitrogens with zero attached hydrogens (tertiary/aromatic N) is 2. The van der Waals surface area contributed by atoms with Crippen LogP contribution in [0, 0.1) is 17.1 Å². The number of ether oxygens (including phenoxy) is 1. The van der Waals surface area contributed by atoms with Crippen molar-refractivity contribution < 1.29 is 61.4 Å². The molecule has 1 aromatic heterocycles. The minimum absolute atomic E-state index is 0.0354. The molecule has 1 fully saturated rings. The molecule has 31 heavy (non-hydrogen) atoms. The van der Waals surface area contributed by atoms with Crippen molar-refractivity contribution in [1.82, 2.24) is 9.55 Å². The Hall–Kier alpha value is -1.05. The average Bonchev–Trinajstić information content (AvgIpc) is 2.82. The van der Waals surface area contributed by atoms with Crippen LogP contribution in [-0.4, -0.2) is 63.8 Å². The minimum Gasteiger partial charge on any atom is -0.386 e. The van der Waals surface area contributed by atoms with E-state index in [1.807, 2.05) is 5.92 Å². The molecule has 0 spiro atoms. The summed E-state index contributed by atoms with van der Waals surface area (Å²) in [5.74, 6) is 1.95. The lowest BCUT2D eigenvalue weighted by Gasteiger charge is -2.26. The summed E-state index contributed by atoms with van der Waals surface area (Å²) in [5, 5.41) is 21.0. The Morgan fingerprint density at radius 2 is 1.90 bits per heavy atom. The number of nitrogen functional groups attached to an aromatic ring is 1. The van der Waals surface area contributed by atoms with Crippen LogP contribution in [-0.2, 0) is 31.6 Å². The Bertz CT molecular complexity index is 1080. The molecule has 2 rings (SSSR count). The van der Waals surface area contributed by atoms with E-state index in [4.69, 9.17) is 43.8 Å². The van der Waals surface area contributed by atoms with Crippen molar-refractivity contribution >= 4 is 41.5 Å². The molecule has 1 saturated heterocycles. The predicted molar refractivity (Wildman–Crippen MR) is 101 cm³/mol. The fourth-order valence-electron chi connectivity index (χ4n) is 2.41. The second kappa shape index (κ2) is 9.06. The first-order valence-electron chi connectivity index (χ1n) is 7.66. The van der Waals surface area contributed by atoms with Crippen molar-refractivity contribution in [2.75, 3.05) is 12.3 Å². The normalized spacial score (nSPS) is 30.3. The Labute approximate surface area is 178 Å². The zero-order chi connectivity index (χ0) is 23.8. The van der Waals surface area contributed by atoms with E-state index >= 15 is 0 Å². The highest BCUT2D eigenvalue weighted by Crippen LogP contribution is 2.66. The van der Waals surface area contributed by atoms with Crippen LogP contribution in [0.2, 0.25) is 0 Å². The van der Waals surface area contributed by atoms with E-state index in [1.165, 1.54) is 12.3 Å². The molecule has 1 aliphatic rings. The van der Waals surface area contributed by atoms with Gasteiger partial charge in [0.05, 0.1) is 6.61 Å². The third kappa shape index (κ3) is 6.48. The van der Waals surface area contributed by atoms with Gasteiger partial charge in [-0.15, -0.1) is 6.42 Å². The second-order valence-electron chi connectivity index (χ2n) is 5.87. The zero-order valence-corrected chi connectivity index (χ0v) is 18.4. The molecule has 0 radical (unpaired) electrons. The van der Waals surface area contributed by atoms with E-state index in [1.54, 1.807) is 0 Å². The standard InChI is InChI=1S/C11H16N3O13P3S/c1-2-11(16)8(15)6(25-9(11)14-4-3-7(12)13-10(14)31)5-24-29(20,21)27-30(22,23)26-28(17,18)19/h1,3-4,6,8-9,15-16H,5H2,(H,20,21)(H,22,23)(H2,12,13,31)(H2,17,18,19)/t6-,8+,9-,11?/m1/s1. The fraction of sp³-hybridized carbons (Fsp3) is 0.455. The number of aliphatic hydroxyl groups is 2. The summed E-state index contributed by atoms with van der Waals surface area (Å²) in [6.45, 7) is -1.05. The number of phosphoric acid groups is 3. The highest BCUT2D eigenvalue weighted by Gasteiger charge is 2.56. The van der Waals surface area contributed by atoms with Gasteiger partial charge >= 0.3 is 23.5 Å². The van der Waals surface area contributed by atoms with Crippen LogP contribution < -0.4 is 5.73 Å². The van der Waals surface area contributed by atoms with Crippen LogP contribution in [0.4, 0.5) is 5.82 Å². The number of terminal acetylenes is 1. The molecular formula is C11H16N3O13P3S. The molecule has 16 nitrogen and oxygen atoms in total. The number of nitrogens with two attached hydrogens (primary N) is 1. The molecular weight excluding hydrogens is 507 g/mol. The van der Waals surface area contributed by atoms with Crippen LogP contribution in [0.15, 0.2) is 12.3 Å². The third-order valence-electron chi connectivity index (χ3n) is 3.64. The fourth-order valence-corrected chi connectivity index (χ4v) is 5.71. The topological polar surface area (TPSA) is 253 Å². The molecule has 0 bridgehead atoms. The Balaban J connectivity index is 2.18. The van der Waals surface area contributed by atoms with Crippen LogP contribution in [0.5, 0.6) is 0 Å². The van der Waals surface area contributed by atoms with Gasteiger partial charge in [-0.1, -0.05) is 5.92 Å². The first-order chi connectivity index (χ1) is 14.0. The van der Waals surface area contributed by atoms with Crippen molar-refractivity contribution in [3.8, 4) is 12.3 Å². The van der Waals surface area contributed by atoms with E-state index in [2.05, 4.69) is 18.1 Å². The van der Waals surface area contributed by atoms with E-state index in [0.29, 0.717) is 0 Å². The molecule has 0 aliphatic carbocycles. The highest BCUT2D eigenvalue weighted by atomic mass is 32.1. The molecule has 1 aliphatic heterocycles.